The maximum absolute atomic E-state index is 12.6. The molecule has 2 aromatic rings. The van der Waals surface area contributed by atoms with E-state index >= 15 is 0 Å². The van der Waals surface area contributed by atoms with Gasteiger partial charge in [-0.2, -0.15) is 0 Å². The highest BCUT2D eigenvalue weighted by atomic mass is 32.2. The number of hydrogen-bond donors (Lipinski definition) is 1. The molecule has 0 aliphatic heterocycles. The largest absolute Gasteiger partial charge is 0.494 e. The molecule has 0 saturated carbocycles. The van der Waals surface area contributed by atoms with E-state index in [4.69, 9.17) is 4.74 Å². The fourth-order valence-corrected chi connectivity index (χ4v) is 3.36. The molecule has 0 aliphatic carbocycles. The Morgan fingerprint density at radius 3 is 2.54 bits per heavy atom. The van der Waals surface area contributed by atoms with Gasteiger partial charge in [0.05, 0.1) is 12.4 Å². The Balaban J connectivity index is 2.04. The second-order valence-corrected chi connectivity index (χ2v) is 7.27. The zero-order valence-electron chi connectivity index (χ0n) is 14.2. The summed E-state index contributed by atoms with van der Waals surface area (Å²) < 4.78 is 18.1. The summed E-state index contributed by atoms with van der Waals surface area (Å²) in [4.78, 5) is 12.4. The fraction of sp³-hybridized carbons (Fsp3) is 0.316. The minimum atomic E-state index is -1.33. The van der Waals surface area contributed by atoms with Gasteiger partial charge in [-0.05, 0) is 38.5 Å². The van der Waals surface area contributed by atoms with Crippen molar-refractivity contribution in [2.75, 3.05) is 11.9 Å². The number of rotatable bonds is 7. The van der Waals surface area contributed by atoms with Gasteiger partial charge in [0.2, 0.25) is 5.91 Å². The van der Waals surface area contributed by atoms with Gasteiger partial charge >= 0.3 is 0 Å². The molecule has 1 N–H and O–H groups in total. The number of nitrogens with one attached hydrogen (secondary N) is 1. The molecule has 128 valence electrons. The van der Waals surface area contributed by atoms with Gasteiger partial charge < -0.3 is 10.1 Å². The predicted octanol–water partition coefficient (Wildman–Crippen LogP) is 3.67. The van der Waals surface area contributed by atoms with Crippen molar-refractivity contribution in [2.24, 2.45) is 0 Å². The van der Waals surface area contributed by atoms with Gasteiger partial charge in [-0.1, -0.05) is 36.4 Å². The molecule has 5 heteroatoms. The summed E-state index contributed by atoms with van der Waals surface area (Å²) in [5.41, 5.74) is 2.58. The lowest BCUT2D eigenvalue weighted by atomic mass is 10.2. The summed E-state index contributed by atoms with van der Waals surface area (Å²) in [6, 6.07) is 15.0. The Hall–Kier alpha value is -2.14. The van der Waals surface area contributed by atoms with Gasteiger partial charge in [0.1, 0.15) is 11.0 Å². The van der Waals surface area contributed by atoms with Crippen molar-refractivity contribution >= 4 is 22.4 Å². The quantitative estimate of drug-likeness (QED) is 0.833. The third-order valence-electron chi connectivity index (χ3n) is 3.74. The van der Waals surface area contributed by atoms with Crippen molar-refractivity contribution in [1.29, 1.82) is 0 Å². The normalized spacial score (nSPS) is 13.1. The third-order valence-corrected chi connectivity index (χ3v) is 5.33. The van der Waals surface area contributed by atoms with E-state index < -0.39 is 16.0 Å². The number of carbonyl (C=O) groups excluding carboxylic acids is 1. The van der Waals surface area contributed by atoms with Crippen LogP contribution in [0, 0.1) is 6.92 Å². The average molecular weight is 345 g/mol. The van der Waals surface area contributed by atoms with Crippen LogP contribution in [0.2, 0.25) is 0 Å². The van der Waals surface area contributed by atoms with Crippen LogP contribution in [0.4, 0.5) is 5.69 Å². The van der Waals surface area contributed by atoms with E-state index in [-0.39, 0.29) is 5.91 Å². The first-order chi connectivity index (χ1) is 11.5. The van der Waals surface area contributed by atoms with E-state index in [1.165, 1.54) is 0 Å². The molecular formula is C19H23NO3S. The Labute approximate surface area is 145 Å². The maximum atomic E-state index is 12.6. The zero-order chi connectivity index (χ0) is 17.5. The summed E-state index contributed by atoms with van der Waals surface area (Å²) >= 11 is 0. The third kappa shape index (κ3) is 4.68. The maximum Gasteiger partial charge on any atom is 0.239 e. The molecule has 0 heterocycles. The van der Waals surface area contributed by atoms with Gasteiger partial charge in [-0.25, -0.2) is 0 Å². The highest BCUT2D eigenvalue weighted by Crippen LogP contribution is 2.21. The molecule has 0 radical (unpaired) electrons. The standard InChI is InChI=1S/C19H23NO3S/c1-4-23-18-12-8-6-10-16(18)13-24(22)15(3)19(21)20-17-11-7-5-9-14(17)2/h5-12,15H,4,13H2,1-3H3,(H,20,21)/t15-,24-/m0/s1. The first-order valence-electron chi connectivity index (χ1n) is 7.97. The number of anilines is 1. The van der Waals surface area contributed by atoms with E-state index in [1.54, 1.807) is 6.92 Å². The monoisotopic (exact) mass is 345 g/mol. The number of aryl methyl sites for hydroxylation is 1. The number of carbonyl (C=O) groups is 1. The Morgan fingerprint density at radius 1 is 1.17 bits per heavy atom. The number of hydrogen-bond acceptors (Lipinski definition) is 3. The molecule has 4 nitrogen and oxygen atoms in total. The molecule has 0 saturated heterocycles. The van der Waals surface area contributed by atoms with Crippen molar-refractivity contribution in [3.05, 3.63) is 59.7 Å². The van der Waals surface area contributed by atoms with E-state index in [2.05, 4.69) is 5.32 Å². The summed E-state index contributed by atoms with van der Waals surface area (Å²) in [6.07, 6.45) is 0. The molecule has 0 aliphatic rings. The number of amides is 1. The van der Waals surface area contributed by atoms with Crippen LogP contribution in [0.1, 0.15) is 25.0 Å². The van der Waals surface area contributed by atoms with E-state index in [9.17, 15) is 9.00 Å². The predicted molar refractivity (Wildman–Crippen MR) is 98.7 cm³/mol. The topological polar surface area (TPSA) is 55.4 Å². The minimum absolute atomic E-state index is 0.239. The van der Waals surface area contributed by atoms with Crippen LogP contribution < -0.4 is 10.1 Å². The van der Waals surface area contributed by atoms with Crippen LogP contribution in [-0.4, -0.2) is 22.0 Å². The lowest BCUT2D eigenvalue weighted by Crippen LogP contribution is -2.30. The first kappa shape index (κ1) is 18.2. The highest BCUT2D eigenvalue weighted by molar-refractivity contribution is 7.85. The van der Waals surface area contributed by atoms with Crippen LogP contribution in [0.3, 0.4) is 0 Å². The molecule has 2 rings (SSSR count). The highest BCUT2D eigenvalue weighted by Gasteiger charge is 2.21. The summed E-state index contributed by atoms with van der Waals surface area (Å²) in [7, 11) is -1.33. The SMILES string of the molecule is CCOc1ccccc1C[S@](=O)[C@@H](C)C(=O)Nc1ccccc1C. The average Bonchev–Trinajstić information content (AvgIpc) is 2.58. The first-order valence-corrected chi connectivity index (χ1v) is 9.35. The van der Waals surface area contributed by atoms with Crippen LogP contribution in [0.25, 0.3) is 0 Å². The van der Waals surface area contributed by atoms with Gasteiger partial charge in [-0.15, -0.1) is 0 Å². The van der Waals surface area contributed by atoms with Gasteiger partial charge in [0.15, 0.2) is 0 Å². The summed E-state index contributed by atoms with van der Waals surface area (Å²) in [6.45, 7) is 6.07. The molecule has 0 aromatic heterocycles. The molecule has 24 heavy (non-hydrogen) atoms. The molecule has 0 spiro atoms. The van der Waals surface area contributed by atoms with Gasteiger partial charge in [0, 0.05) is 22.1 Å². The fourth-order valence-electron chi connectivity index (χ4n) is 2.26. The number of ether oxygens (including phenoxy) is 1. The zero-order valence-corrected chi connectivity index (χ0v) is 15.1. The van der Waals surface area contributed by atoms with Crippen LogP contribution in [0.5, 0.6) is 5.75 Å². The molecule has 0 bridgehead atoms. The Bertz CT molecular complexity index is 730. The van der Waals surface area contributed by atoms with Crippen LogP contribution in [-0.2, 0) is 21.3 Å². The lowest BCUT2D eigenvalue weighted by Gasteiger charge is -2.15. The van der Waals surface area contributed by atoms with Crippen molar-refractivity contribution in [3.8, 4) is 5.75 Å². The van der Waals surface area contributed by atoms with Gasteiger partial charge in [0.25, 0.3) is 0 Å². The molecule has 2 atom stereocenters. The molecular weight excluding hydrogens is 322 g/mol. The smallest absolute Gasteiger partial charge is 0.239 e. The van der Waals surface area contributed by atoms with Crippen molar-refractivity contribution < 1.29 is 13.7 Å². The molecule has 1 amide bonds. The van der Waals surface area contributed by atoms with Crippen molar-refractivity contribution in [2.45, 2.75) is 31.8 Å². The number of para-hydroxylation sites is 2. The second-order valence-electron chi connectivity index (χ2n) is 5.51. The van der Waals surface area contributed by atoms with E-state index in [0.29, 0.717) is 12.4 Å². The van der Waals surface area contributed by atoms with Crippen molar-refractivity contribution in [3.63, 3.8) is 0 Å². The van der Waals surface area contributed by atoms with Gasteiger partial charge in [-0.3, -0.25) is 9.00 Å². The Kier molecular flexibility index (Phi) is 6.55. The second kappa shape index (κ2) is 8.64. The van der Waals surface area contributed by atoms with Crippen LogP contribution in [0.15, 0.2) is 48.5 Å². The van der Waals surface area contributed by atoms with E-state index in [1.807, 2.05) is 62.4 Å². The summed E-state index contributed by atoms with van der Waals surface area (Å²) in [5, 5.41) is 2.24. The Morgan fingerprint density at radius 2 is 1.83 bits per heavy atom. The molecule has 2 aromatic carbocycles. The minimum Gasteiger partial charge on any atom is -0.494 e. The molecule has 0 fully saturated rings. The number of benzene rings is 2. The van der Waals surface area contributed by atoms with Crippen LogP contribution >= 0.6 is 0 Å². The summed E-state index contributed by atoms with van der Waals surface area (Å²) in [5.74, 6) is 0.773. The van der Waals surface area contributed by atoms with E-state index in [0.717, 1.165) is 22.6 Å². The van der Waals surface area contributed by atoms with Crippen molar-refractivity contribution in [1.82, 2.24) is 0 Å². The molecule has 0 unspecified atom stereocenters. The lowest BCUT2D eigenvalue weighted by molar-refractivity contribution is -0.115.